The Kier molecular flexibility index (Phi) is 4.84. The van der Waals surface area contributed by atoms with Crippen LogP contribution in [0.2, 0.25) is 5.02 Å². The fourth-order valence-corrected chi connectivity index (χ4v) is 2.03. The number of hydrogen-bond acceptors (Lipinski definition) is 4. The van der Waals surface area contributed by atoms with Crippen LogP contribution in [0.5, 0.6) is 0 Å². The van der Waals surface area contributed by atoms with E-state index in [4.69, 9.17) is 16.0 Å². The van der Waals surface area contributed by atoms with E-state index in [1.165, 1.54) is 4.68 Å². The predicted molar refractivity (Wildman–Crippen MR) is 79.2 cm³/mol. The molecule has 20 heavy (non-hydrogen) atoms. The largest absolute Gasteiger partial charge is 0.465 e. The number of hydrogen-bond donors (Lipinski definition) is 1. The highest BCUT2D eigenvalue weighted by Crippen LogP contribution is 2.17. The van der Waals surface area contributed by atoms with Crippen LogP contribution in [0.1, 0.15) is 31.3 Å². The molecular weight excluding hydrogens is 278 g/mol. The summed E-state index contributed by atoms with van der Waals surface area (Å²) in [5.41, 5.74) is 0.263. The molecule has 2 aromatic rings. The van der Waals surface area contributed by atoms with Crippen molar-refractivity contribution in [1.29, 1.82) is 0 Å². The van der Waals surface area contributed by atoms with Gasteiger partial charge in [-0.2, -0.15) is 5.10 Å². The molecule has 2 aromatic heterocycles. The van der Waals surface area contributed by atoms with Crippen molar-refractivity contribution in [1.82, 2.24) is 9.78 Å². The summed E-state index contributed by atoms with van der Waals surface area (Å²) in [5, 5.41) is 7.35. The number of rotatable bonds is 6. The smallest absolute Gasteiger partial charge is 0.287 e. The molecule has 0 bridgehead atoms. The zero-order valence-corrected chi connectivity index (χ0v) is 12.4. The first kappa shape index (κ1) is 14.7. The van der Waals surface area contributed by atoms with E-state index in [-0.39, 0.29) is 10.6 Å². The minimum atomic E-state index is -0.263. The van der Waals surface area contributed by atoms with E-state index in [0.717, 1.165) is 24.4 Å². The lowest BCUT2D eigenvalue weighted by molar-refractivity contribution is 0.490. The van der Waals surface area contributed by atoms with Gasteiger partial charge >= 0.3 is 0 Å². The third-order valence-corrected chi connectivity index (χ3v) is 3.32. The van der Waals surface area contributed by atoms with Gasteiger partial charge in [0.25, 0.3) is 5.56 Å². The van der Waals surface area contributed by atoms with Crippen molar-refractivity contribution in [2.45, 2.75) is 39.8 Å². The monoisotopic (exact) mass is 295 g/mol. The number of unbranched alkanes of at least 4 members (excludes halogenated alkanes) is 1. The van der Waals surface area contributed by atoms with Gasteiger partial charge in [-0.05, 0) is 25.5 Å². The van der Waals surface area contributed by atoms with Gasteiger partial charge < -0.3 is 9.73 Å². The summed E-state index contributed by atoms with van der Waals surface area (Å²) < 4.78 is 6.84. The van der Waals surface area contributed by atoms with Crippen LogP contribution in [0.25, 0.3) is 0 Å². The van der Waals surface area contributed by atoms with Crippen LogP contribution in [-0.2, 0) is 13.1 Å². The van der Waals surface area contributed by atoms with Gasteiger partial charge in [-0.3, -0.25) is 4.79 Å². The van der Waals surface area contributed by atoms with Gasteiger partial charge in [-0.1, -0.05) is 24.9 Å². The Morgan fingerprint density at radius 3 is 2.90 bits per heavy atom. The minimum Gasteiger partial charge on any atom is -0.465 e. The van der Waals surface area contributed by atoms with Crippen molar-refractivity contribution < 1.29 is 4.42 Å². The molecule has 0 unspecified atom stereocenters. The SMILES string of the molecule is CCCCn1ncc(NCc2ccc(C)o2)c(Cl)c1=O. The average Bonchev–Trinajstić information content (AvgIpc) is 2.85. The molecule has 0 saturated heterocycles. The zero-order chi connectivity index (χ0) is 14.5. The predicted octanol–water partition coefficient (Wildman–Crippen LogP) is 3.21. The van der Waals surface area contributed by atoms with Crippen LogP contribution < -0.4 is 10.9 Å². The molecule has 0 aliphatic carbocycles. The van der Waals surface area contributed by atoms with Crippen LogP contribution in [0.15, 0.2) is 27.5 Å². The Morgan fingerprint density at radius 1 is 1.45 bits per heavy atom. The average molecular weight is 296 g/mol. The second-order valence-electron chi connectivity index (χ2n) is 4.62. The molecule has 2 heterocycles. The molecule has 0 radical (unpaired) electrons. The number of nitrogens with one attached hydrogen (secondary N) is 1. The molecule has 0 fully saturated rings. The first-order valence-corrected chi connectivity index (χ1v) is 7.04. The van der Waals surface area contributed by atoms with E-state index in [1.54, 1.807) is 6.20 Å². The fourth-order valence-electron chi connectivity index (χ4n) is 1.82. The van der Waals surface area contributed by atoms with Crippen LogP contribution in [0.4, 0.5) is 5.69 Å². The van der Waals surface area contributed by atoms with Gasteiger partial charge in [0.05, 0.1) is 18.4 Å². The summed E-state index contributed by atoms with van der Waals surface area (Å²) in [6.07, 6.45) is 3.49. The zero-order valence-electron chi connectivity index (χ0n) is 11.6. The Balaban J connectivity index is 2.09. The van der Waals surface area contributed by atoms with Crippen molar-refractivity contribution in [3.63, 3.8) is 0 Å². The van der Waals surface area contributed by atoms with Gasteiger partial charge in [0.2, 0.25) is 0 Å². The summed E-state index contributed by atoms with van der Waals surface area (Å²) in [7, 11) is 0. The van der Waals surface area contributed by atoms with E-state index >= 15 is 0 Å². The molecule has 5 nitrogen and oxygen atoms in total. The summed E-state index contributed by atoms with van der Waals surface area (Å²) in [5.74, 6) is 1.63. The highest BCUT2D eigenvalue weighted by atomic mass is 35.5. The van der Waals surface area contributed by atoms with E-state index in [9.17, 15) is 4.79 Å². The van der Waals surface area contributed by atoms with Crippen molar-refractivity contribution in [3.05, 3.63) is 45.2 Å². The number of aryl methyl sites for hydroxylation is 2. The summed E-state index contributed by atoms with van der Waals surface area (Å²) in [6.45, 7) is 5.00. The number of anilines is 1. The standard InChI is InChI=1S/C14H18ClN3O2/c1-3-4-7-18-14(19)13(15)12(9-17-18)16-8-11-6-5-10(2)20-11/h5-6,9,16H,3-4,7-8H2,1-2H3. The number of nitrogens with zero attached hydrogens (tertiary/aromatic N) is 2. The number of aromatic nitrogens is 2. The van der Waals surface area contributed by atoms with E-state index in [0.29, 0.717) is 18.8 Å². The van der Waals surface area contributed by atoms with Crippen LogP contribution in [0, 0.1) is 6.92 Å². The van der Waals surface area contributed by atoms with E-state index in [2.05, 4.69) is 17.3 Å². The van der Waals surface area contributed by atoms with E-state index in [1.807, 2.05) is 19.1 Å². The van der Waals surface area contributed by atoms with Crippen LogP contribution in [0.3, 0.4) is 0 Å². The van der Waals surface area contributed by atoms with E-state index < -0.39 is 0 Å². The van der Waals surface area contributed by atoms with Gasteiger partial charge in [0.15, 0.2) is 0 Å². The Labute approximate surface area is 122 Å². The van der Waals surface area contributed by atoms with Crippen LogP contribution in [-0.4, -0.2) is 9.78 Å². The first-order chi connectivity index (χ1) is 9.61. The molecule has 0 aromatic carbocycles. The molecule has 0 saturated carbocycles. The maximum atomic E-state index is 12.0. The molecule has 0 aliphatic heterocycles. The molecule has 0 atom stereocenters. The first-order valence-electron chi connectivity index (χ1n) is 6.66. The summed E-state index contributed by atoms with van der Waals surface area (Å²) >= 11 is 6.08. The van der Waals surface area contributed by atoms with Crippen LogP contribution >= 0.6 is 11.6 Å². The second-order valence-corrected chi connectivity index (χ2v) is 5.00. The molecular formula is C14H18ClN3O2. The lowest BCUT2D eigenvalue weighted by Crippen LogP contribution is -2.24. The van der Waals surface area contributed by atoms with Crippen molar-refractivity contribution >= 4 is 17.3 Å². The summed E-state index contributed by atoms with van der Waals surface area (Å²) in [4.78, 5) is 12.0. The lowest BCUT2D eigenvalue weighted by Gasteiger charge is -2.09. The van der Waals surface area contributed by atoms with Crippen molar-refractivity contribution in [2.75, 3.05) is 5.32 Å². The highest BCUT2D eigenvalue weighted by molar-refractivity contribution is 6.32. The molecule has 0 aliphatic rings. The molecule has 108 valence electrons. The third kappa shape index (κ3) is 3.42. The molecule has 1 N–H and O–H groups in total. The topological polar surface area (TPSA) is 60.1 Å². The minimum absolute atomic E-state index is 0.166. The molecule has 2 rings (SSSR count). The van der Waals surface area contributed by atoms with Gasteiger partial charge in [-0.15, -0.1) is 0 Å². The van der Waals surface area contributed by atoms with Gasteiger partial charge in [-0.25, -0.2) is 4.68 Å². The normalized spacial score (nSPS) is 10.8. The highest BCUT2D eigenvalue weighted by Gasteiger charge is 2.09. The quantitative estimate of drug-likeness (QED) is 0.889. The molecule has 0 amide bonds. The molecule has 6 heteroatoms. The number of furan rings is 1. The van der Waals surface area contributed by atoms with Gasteiger partial charge in [0.1, 0.15) is 16.5 Å². The Hall–Kier alpha value is -1.75. The van der Waals surface area contributed by atoms with Gasteiger partial charge in [0, 0.05) is 6.54 Å². The fraction of sp³-hybridized carbons (Fsp3) is 0.429. The van der Waals surface area contributed by atoms with Crippen molar-refractivity contribution in [2.24, 2.45) is 0 Å². The third-order valence-electron chi connectivity index (χ3n) is 2.96. The Morgan fingerprint density at radius 2 is 2.25 bits per heavy atom. The van der Waals surface area contributed by atoms with Crippen molar-refractivity contribution in [3.8, 4) is 0 Å². The second kappa shape index (κ2) is 6.61. The Bertz CT molecular complexity index is 634. The summed E-state index contributed by atoms with van der Waals surface area (Å²) in [6, 6.07) is 3.77. The molecule has 0 spiro atoms. The maximum absolute atomic E-state index is 12.0. The lowest BCUT2D eigenvalue weighted by atomic mass is 10.3. The number of halogens is 1. The maximum Gasteiger partial charge on any atom is 0.287 e.